The minimum Gasteiger partial charge on any atom is -0.464 e. The molecule has 0 aromatic heterocycles. The third kappa shape index (κ3) is 2.89. The van der Waals surface area contributed by atoms with E-state index in [9.17, 15) is 18.0 Å². The number of sulfonamides is 1. The van der Waals surface area contributed by atoms with Crippen molar-refractivity contribution in [3.8, 4) is 0 Å². The molecule has 0 saturated carbocycles. The van der Waals surface area contributed by atoms with E-state index in [-0.39, 0.29) is 28.3 Å². The van der Waals surface area contributed by atoms with Gasteiger partial charge in [-0.1, -0.05) is 19.1 Å². The second-order valence-corrected chi connectivity index (χ2v) is 7.17. The summed E-state index contributed by atoms with van der Waals surface area (Å²) in [5, 5.41) is 0. The van der Waals surface area contributed by atoms with Crippen LogP contribution in [0, 0.1) is 0 Å². The highest BCUT2D eigenvalue weighted by Gasteiger charge is 2.43. The maximum atomic E-state index is 12.9. The van der Waals surface area contributed by atoms with E-state index in [1.54, 1.807) is 32.9 Å². The van der Waals surface area contributed by atoms with Crippen LogP contribution >= 0.6 is 0 Å². The van der Waals surface area contributed by atoms with Crippen LogP contribution in [0.5, 0.6) is 0 Å². The van der Waals surface area contributed by atoms with Gasteiger partial charge in [-0.05, 0) is 26.0 Å². The Balaban J connectivity index is 2.87. The van der Waals surface area contributed by atoms with Crippen LogP contribution in [0.1, 0.15) is 32.8 Å². The van der Waals surface area contributed by atoms with Crippen molar-refractivity contribution in [3.05, 3.63) is 35.5 Å². The first-order chi connectivity index (χ1) is 11.3. The summed E-state index contributed by atoms with van der Waals surface area (Å²) in [6.07, 6.45) is 0.0779. The predicted molar refractivity (Wildman–Crippen MR) is 85.9 cm³/mol. The van der Waals surface area contributed by atoms with Gasteiger partial charge in [-0.25, -0.2) is 13.2 Å². The highest BCUT2D eigenvalue weighted by molar-refractivity contribution is 7.89. The number of benzene rings is 1. The summed E-state index contributed by atoms with van der Waals surface area (Å²) in [7, 11) is -2.84. The molecule has 0 atom stereocenters. The highest BCUT2D eigenvalue weighted by atomic mass is 32.2. The summed E-state index contributed by atoms with van der Waals surface area (Å²) < 4.78 is 36.8. The summed E-state index contributed by atoms with van der Waals surface area (Å²) >= 11 is 0. The molecule has 0 saturated heterocycles. The van der Waals surface area contributed by atoms with Crippen molar-refractivity contribution in [3.63, 3.8) is 0 Å². The summed E-state index contributed by atoms with van der Waals surface area (Å²) in [5.41, 5.74) is -0.135. The van der Waals surface area contributed by atoms with Crippen LogP contribution < -0.4 is 0 Å². The Bertz CT molecular complexity index is 810. The van der Waals surface area contributed by atoms with E-state index in [0.29, 0.717) is 0 Å². The molecule has 2 rings (SSSR count). The second-order valence-electron chi connectivity index (χ2n) is 5.39. The number of ether oxygens (including phenoxy) is 2. The van der Waals surface area contributed by atoms with Crippen LogP contribution in [0.15, 0.2) is 34.9 Å². The molecular formula is C16H19NO6S. The van der Waals surface area contributed by atoms with E-state index in [0.717, 1.165) is 11.4 Å². The third-order valence-corrected chi connectivity index (χ3v) is 5.49. The number of hydrogen-bond donors (Lipinski definition) is 0. The fourth-order valence-electron chi connectivity index (χ4n) is 2.44. The minimum absolute atomic E-state index is 0.0229. The van der Waals surface area contributed by atoms with E-state index >= 15 is 0 Å². The number of carbonyl (C=O) groups is 2. The molecule has 1 aliphatic rings. The summed E-state index contributed by atoms with van der Waals surface area (Å²) in [5.74, 6) is -1.57. The van der Waals surface area contributed by atoms with Crippen LogP contribution in [-0.4, -0.2) is 37.8 Å². The molecule has 0 N–H and O–H groups in total. The number of rotatable bonds is 4. The average Bonchev–Trinajstić information content (AvgIpc) is 2.55. The molecule has 130 valence electrons. The zero-order valence-electron chi connectivity index (χ0n) is 13.9. The smallest absolute Gasteiger partial charge is 0.359 e. The minimum atomic E-state index is -3.98. The van der Waals surface area contributed by atoms with Crippen molar-refractivity contribution >= 4 is 27.7 Å². The van der Waals surface area contributed by atoms with Crippen LogP contribution in [0.2, 0.25) is 0 Å². The van der Waals surface area contributed by atoms with Crippen molar-refractivity contribution < 1.29 is 27.5 Å². The van der Waals surface area contributed by atoms with E-state index in [4.69, 9.17) is 9.47 Å². The first kappa shape index (κ1) is 18.0. The molecule has 1 aromatic rings. The Hall–Kier alpha value is -2.35. The molecule has 24 heavy (non-hydrogen) atoms. The molecule has 0 aliphatic carbocycles. The fraction of sp³-hybridized carbons (Fsp3) is 0.375. The number of carbonyl (C=O) groups excluding carboxylic acids is 2. The molecule has 0 amide bonds. The van der Waals surface area contributed by atoms with Gasteiger partial charge in [-0.15, -0.1) is 0 Å². The molecule has 0 unspecified atom stereocenters. The predicted octanol–water partition coefficient (Wildman–Crippen LogP) is 1.89. The molecule has 1 heterocycles. The number of fused-ring (bicyclic) bond motifs is 1. The molecule has 1 aliphatic heterocycles. The van der Waals surface area contributed by atoms with E-state index < -0.39 is 28.0 Å². The van der Waals surface area contributed by atoms with Crippen molar-refractivity contribution in [2.24, 2.45) is 0 Å². The van der Waals surface area contributed by atoms with Gasteiger partial charge in [0.25, 0.3) is 10.0 Å². The Morgan fingerprint density at radius 1 is 1.21 bits per heavy atom. The van der Waals surface area contributed by atoms with E-state index in [1.807, 2.05) is 0 Å². The molecular weight excluding hydrogens is 334 g/mol. The monoisotopic (exact) mass is 353 g/mol. The standard InChI is InChI=1S/C16H19NO6S/c1-5-13(18)23-15-11-8-6-7-9-12(11)24(20,21)17(10(2)3)14(15)16(19)22-4/h6-10H,5H2,1-4H3. The lowest BCUT2D eigenvalue weighted by atomic mass is 10.1. The van der Waals surface area contributed by atoms with Crippen molar-refractivity contribution in [2.75, 3.05) is 7.11 Å². The molecule has 0 spiro atoms. The number of esters is 2. The Morgan fingerprint density at radius 3 is 2.38 bits per heavy atom. The average molecular weight is 353 g/mol. The molecule has 1 aromatic carbocycles. The topological polar surface area (TPSA) is 90.0 Å². The second kappa shape index (κ2) is 6.64. The molecule has 8 heteroatoms. The van der Waals surface area contributed by atoms with Crippen LogP contribution in [0.4, 0.5) is 0 Å². The number of methoxy groups -OCH3 is 1. The maximum Gasteiger partial charge on any atom is 0.359 e. The third-order valence-electron chi connectivity index (χ3n) is 3.46. The van der Waals surface area contributed by atoms with Crippen LogP contribution in [-0.2, 0) is 29.1 Å². The van der Waals surface area contributed by atoms with Crippen LogP contribution in [0.3, 0.4) is 0 Å². The number of hydrogen-bond acceptors (Lipinski definition) is 6. The van der Waals surface area contributed by atoms with Gasteiger partial charge in [0, 0.05) is 18.0 Å². The van der Waals surface area contributed by atoms with Gasteiger partial charge in [-0.2, -0.15) is 0 Å². The quantitative estimate of drug-likeness (QED) is 0.768. The van der Waals surface area contributed by atoms with E-state index in [1.165, 1.54) is 12.1 Å². The van der Waals surface area contributed by atoms with Crippen LogP contribution in [0.25, 0.3) is 5.76 Å². The van der Waals surface area contributed by atoms with E-state index in [2.05, 4.69) is 0 Å². The van der Waals surface area contributed by atoms with Crippen molar-refractivity contribution in [1.82, 2.24) is 4.31 Å². The largest absolute Gasteiger partial charge is 0.464 e. The lowest BCUT2D eigenvalue weighted by Crippen LogP contribution is -2.43. The summed E-state index contributed by atoms with van der Waals surface area (Å²) in [6.45, 7) is 4.84. The lowest BCUT2D eigenvalue weighted by Gasteiger charge is -2.34. The highest BCUT2D eigenvalue weighted by Crippen LogP contribution is 2.39. The summed E-state index contributed by atoms with van der Waals surface area (Å²) in [6, 6.07) is 5.50. The van der Waals surface area contributed by atoms with Gasteiger partial charge < -0.3 is 9.47 Å². The Morgan fingerprint density at radius 2 is 1.83 bits per heavy atom. The van der Waals surface area contributed by atoms with Gasteiger partial charge in [-0.3, -0.25) is 9.10 Å². The Labute approximate surface area is 140 Å². The SMILES string of the molecule is CCC(=O)OC1=C(C(=O)OC)N(C(C)C)S(=O)(=O)c2ccccc21. The Kier molecular flexibility index (Phi) is 4.98. The van der Waals surface area contributed by atoms with Gasteiger partial charge in [0.1, 0.15) is 0 Å². The van der Waals surface area contributed by atoms with Gasteiger partial charge >= 0.3 is 11.9 Å². The van der Waals surface area contributed by atoms with Gasteiger partial charge in [0.2, 0.25) is 0 Å². The molecule has 7 nitrogen and oxygen atoms in total. The normalized spacial score (nSPS) is 16.0. The van der Waals surface area contributed by atoms with Gasteiger partial charge in [0.15, 0.2) is 11.5 Å². The van der Waals surface area contributed by atoms with Gasteiger partial charge in [0.05, 0.1) is 12.0 Å². The fourth-order valence-corrected chi connectivity index (χ4v) is 4.29. The van der Waals surface area contributed by atoms with Crippen molar-refractivity contribution in [1.29, 1.82) is 0 Å². The number of nitrogens with zero attached hydrogens (tertiary/aromatic N) is 1. The maximum absolute atomic E-state index is 12.9. The first-order valence-corrected chi connectivity index (χ1v) is 8.86. The zero-order valence-corrected chi connectivity index (χ0v) is 14.7. The zero-order chi connectivity index (χ0) is 18.1. The molecule has 0 bridgehead atoms. The first-order valence-electron chi connectivity index (χ1n) is 7.42. The summed E-state index contributed by atoms with van der Waals surface area (Å²) in [4.78, 5) is 24.1. The van der Waals surface area contributed by atoms with Crippen molar-refractivity contribution in [2.45, 2.75) is 38.1 Å². The lowest BCUT2D eigenvalue weighted by molar-refractivity contribution is -0.138. The molecule has 0 radical (unpaired) electrons. The molecule has 0 fully saturated rings.